The van der Waals surface area contributed by atoms with Gasteiger partial charge in [-0.05, 0) is 53.9 Å². The normalized spacial score (nSPS) is 11.7. The zero-order valence-corrected chi connectivity index (χ0v) is 21.8. The maximum Gasteiger partial charge on any atom is 0.323 e. The first-order valence-corrected chi connectivity index (χ1v) is 12.4. The molecule has 35 heavy (non-hydrogen) atoms. The lowest BCUT2D eigenvalue weighted by Gasteiger charge is -2.28. The van der Waals surface area contributed by atoms with Gasteiger partial charge in [0.15, 0.2) is 11.3 Å². The monoisotopic (exact) mass is 498 g/mol. The Bertz CT molecular complexity index is 661. The van der Waals surface area contributed by atoms with E-state index in [1.54, 1.807) is 39.8 Å². The van der Waals surface area contributed by atoms with E-state index in [1.165, 1.54) is 0 Å². The Morgan fingerprint density at radius 1 is 0.714 bits per heavy atom. The Hall–Kier alpha value is -2.68. The van der Waals surface area contributed by atoms with E-state index < -0.39 is 35.2 Å². The molecule has 0 aliphatic carbocycles. The second kappa shape index (κ2) is 19.6. The van der Waals surface area contributed by atoms with Crippen LogP contribution in [0.5, 0.6) is 0 Å². The smallest absolute Gasteiger partial charge is 0.323 e. The van der Waals surface area contributed by atoms with Crippen LogP contribution in [-0.4, -0.2) is 63.5 Å². The van der Waals surface area contributed by atoms with Crippen LogP contribution >= 0.6 is 0 Å². The fraction of sp³-hybridized carbons (Fsp3) is 0.692. The standard InChI is InChI=1S/C26H42O9/c1-6-11-19-31-20-15-14-18-26(24(29)34-9-4,25(30)35-10-5)17-13-12-16-21(22(27)32-7-2)23(28)33-8-3/h6,11,14-15,21H,7-10,12-13,16-20H2,1-5H3/b11-6-,15-14-. The van der Waals surface area contributed by atoms with Gasteiger partial charge in [-0.2, -0.15) is 0 Å². The molecule has 0 aliphatic heterocycles. The number of hydrogen-bond donors (Lipinski definition) is 0. The first kappa shape index (κ1) is 32.3. The summed E-state index contributed by atoms with van der Waals surface area (Å²) in [5.74, 6) is -3.66. The topological polar surface area (TPSA) is 114 Å². The third-order valence-electron chi connectivity index (χ3n) is 5.12. The summed E-state index contributed by atoms with van der Waals surface area (Å²) in [6.45, 7) is 9.86. The SMILES string of the molecule is C/C=C\COC/C=C\CC(CCCCC(C(=O)OCC)C(=O)OCC)(C(=O)OCC)C(=O)OCC. The second-order valence-corrected chi connectivity index (χ2v) is 7.61. The second-order valence-electron chi connectivity index (χ2n) is 7.61. The van der Waals surface area contributed by atoms with E-state index >= 15 is 0 Å². The van der Waals surface area contributed by atoms with E-state index in [4.69, 9.17) is 23.7 Å². The van der Waals surface area contributed by atoms with Crippen molar-refractivity contribution in [3.8, 4) is 0 Å². The van der Waals surface area contributed by atoms with Crippen molar-refractivity contribution in [1.29, 1.82) is 0 Å². The van der Waals surface area contributed by atoms with Gasteiger partial charge in [-0.15, -0.1) is 0 Å². The number of carbonyl (C=O) groups excluding carboxylic acids is 4. The van der Waals surface area contributed by atoms with E-state index in [9.17, 15) is 19.2 Å². The van der Waals surface area contributed by atoms with E-state index in [1.807, 2.05) is 19.1 Å². The molecule has 0 fully saturated rings. The fourth-order valence-corrected chi connectivity index (χ4v) is 3.34. The van der Waals surface area contributed by atoms with E-state index in [2.05, 4.69) is 0 Å². The third-order valence-corrected chi connectivity index (χ3v) is 5.12. The zero-order valence-electron chi connectivity index (χ0n) is 21.8. The summed E-state index contributed by atoms with van der Waals surface area (Å²) in [7, 11) is 0. The van der Waals surface area contributed by atoms with E-state index in [0.29, 0.717) is 26.1 Å². The Morgan fingerprint density at radius 3 is 1.71 bits per heavy atom. The van der Waals surface area contributed by atoms with Crippen LogP contribution in [0.25, 0.3) is 0 Å². The van der Waals surface area contributed by atoms with Gasteiger partial charge in [0.05, 0.1) is 39.6 Å². The summed E-state index contributed by atoms with van der Waals surface area (Å²) >= 11 is 0. The predicted molar refractivity (Wildman–Crippen MR) is 130 cm³/mol. The van der Waals surface area contributed by atoms with Crippen LogP contribution in [-0.2, 0) is 42.9 Å². The molecule has 0 bridgehead atoms. The average Bonchev–Trinajstić information content (AvgIpc) is 2.82. The summed E-state index contributed by atoms with van der Waals surface area (Å²) < 4.78 is 25.9. The predicted octanol–water partition coefficient (Wildman–Crippen LogP) is 3.94. The van der Waals surface area contributed by atoms with Crippen LogP contribution in [0.2, 0.25) is 0 Å². The molecular weight excluding hydrogens is 456 g/mol. The Balaban J connectivity index is 5.47. The number of esters is 4. The molecule has 0 unspecified atom stereocenters. The van der Waals surface area contributed by atoms with Gasteiger partial charge in [0.1, 0.15) is 0 Å². The van der Waals surface area contributed by atoms with Gasteiger partial charge in [0.2, 0.25) is 0 Å². The number of unbranched alkanes of at least 4 members (excludes halogenated alkanes) is 1. The van der Waals surface area contributed by atoms with E-state index in [0.717, 1.165) is 0 Å². The molecule has 0 saturated heterocycles. The highest BCUT2D eigenvalue weighted by molar-refractivity contribution is 6.00. The molecule has 0 aliphatic rings. The van der Waals surface area contributed by atoms with Crippen molar-refractivity contribution in [2.24, 2.45) is 11.3 Å². The molecule has 0 N–H and O–H groups in total. The molecule has 200 valence electrons. The Labute approximate surface area is 209 Å². The fourth-order valence-electron chi connectivity index (χ4n) is 3.34. The van der Waals surface area contributed by atoms with Gasteiger partial charge in [0, 0.05) is 0 Å². The van der Waals surface area contributed by atoms with Crippen LogP contribution in [0.4, 0.5) is 0 Å². The molecule has 0 saturated carbocycles. The highest BCUT2D eigenvalue weighted by Crippen LogP contribution is 2.34. The minimum absolute atomic E-state index is 0.0802. The summed E-state index contributed by atoms with van der Waals surface area (Å²) in [6.07, 6.45) is 8.35. The number of rotatable bonds is 19. The highest BCUT2D eigenvalue weighted by atomic mass is 16.6. The van der Waals surface area contributed by atoms with Crippen LogP contribution in [0, 0.1) is 11.3 Å². The molecule has 9 heteroatoms. The quantitative estimate of drug-likeness (QED) is 0.0858. The van der Waals surface area contributed by atoms with Crippen molar-refractivity contribution < 1.29 is 42.9 Å². The first-order valence-electron chi connectivity index (χ1n) is 12.4. The van der Waals surface area contributed by atoms with Crippen molar-refractivity contribution in [3.63, 3.8) is 0 Å². The van der Waals surface area contributed by atoms with Crippen molar-refractivity contribution in [3.05, 3.63) is 24.3 Å². The Morgan fingerprint density at radius 2 is 1.23 bits per heavy atom. The summed E-state index contributed by atoms with van der Waals surface area (Å²) in [5.41, 5.74) is -1.53. The molecule has 9 nitrogen and oxygen atoms in total. The van der Waals surface area contributed by atoms with Crippen LogP contribution in [0.15, 0.2) is 24.3 Å². The lowest BCUT2D eigenvalue weighted by molar-refractivity contribution is -0.173. The number of ether oxygens (including phenoxy) is 5. The van der Waals surface area contributed by atoms with Crippen LogP contribution in [0.3, 0.4) is 0 Å². The van der Waals surface area contributed by atoms with Gasteiger partial charge in [-0.25, -0.2) is 0 Å². The maximum absolute atomic E-state index is 13.0. The molecule has 0 aromatic heterocycles. The molecule has 0 atom stereocenters. The van der Waals surface area contributed by atoms with Gasteiger partial charge in [-0.1, -0.05) is 37.1 Å². The molecular formula is C26H42O9. The van der Waals surface area contributed by atoms with Crippen molar-refractivity contribution in [2.75, 3.05) is 39.6 Å². The molecule has 0 amide bonds. The van der Waals surface area contributed by atoms with Gasteiger partial charge in [-0.3, -0.25) is 19.2 Å². The minimum atomic E-state index is -1.53. The molecule has 0 radical (unpaired) electrons. The van der Waals surface area contributed by atoms with Gasteiger partial charge >= 0.3 is 23.9 Å². The number of allylic oxidation sites excluding steroid dienone is 2. The number of hydrogen-bond acceptors (Lipinski definition) is 9. The molecule has 0 rings (SSSR count). The van der Waals surface area contributed by atoms with Crippen molar-refractivity contribution in [1.82, 2.24) is 0 Å². The molecule has 0 heterocycles. The van der Waals surface area contributed by atoms with Crippen molar-refractivity contribution in [2.45, 2.75) is 66.7 Å². The third kappa shape index (κ3) is 12.0. The Kier molecular flexibility index (Phi) is 18.1. The summed E-state index contributed by atoms with van der Waals surface area (Å²) in [4.78, 5) is 50.3. The largest absolute Gasteiger partial charge is 0.465 e. The average molecular weight is 499 g/mol. The molecule has 0 spiro atoms. The summed E-state index contributed by atoms with van der Waals surface area (Å²) in [6, 6.07) is 0. The van der Waals surface area contributed by atoms with Crippen LogP contribution in [0.1, 0.15) is 66.7 Å². The van der Waals surface area contributed by atoms with Gasteiger partial charge < -0.3 is 23.7 Å². The van der Waals surface area contributed by atoms with E-state index in [-0.39, 0.29) is 45.7 Å². The molecule has 0 aromatic rings. The number of carbonyl (C=O) groups is 4. The lowest BCUT2D eigenvalue weighted by atomic mass is 9.78. The summed E-state index contributed by atoms with van der Waals surface area (Å²) in [5, 5.41) is 0. The lowest BCUT2D eigenvalue weighted by Crippen LogP contribution is -2.42. The van der Waals surface area contributed by atoms with Crippen molar-refractivity contribution >= 4 is 23.9 Å². The first-order chi connectivity index (χ1) is 16.8. The molecule has 0 aromatic carbocycles. The maximum atomic E-state index is 13.0. The zero-order chi connectivity index (χ0) is 26.5. The van der Waals surface area contributed by atoms with Gasteiger partial charge in [0.25, 0.3) is 0 Å². The highest BCUT2D eigenvalue weighted by Gasteiger charge is 2.47. The van der Waals surface area contributed by atoms with Crippen LogP contribution < -0.4 is 0 Å². The minimum Gasteiger partial charge on any atom is -0.465 e.